The molecule has 0 spiro atoms. The molecule has 3 nitrogen and oxygen atoms in total. The van der Waals surface area contributed by atoms with Crippen LogP contribution in [0.3, 0.4) is 0 Å². The molecule has 1 aliphatic rings. The molecule has 0 saturated carbocycles. The summed E-state index contributed by atoms with van der Waals surface area (Å²) in [5.41, 5.74) is 5.62. The minimum absolute atomic E-state index is 0.0878. The fourth-order valence-corrected chi connectivity index (χ4v) is 6.41. The maximum absolute atomic E-state index is 11.8. The van der Waals surface area contributed by atoms with Crippen LogP contribution in [0.2, 0.25) is 18.1 Å². The first-order chi connectivity index (χ1) is 9.04. The SMILES string of the molecule is C[C@@H](O[Si](C)(C)C(C)(C)C)[C@@H](CC1SCCS1)C(N)=O. The van der Waals surface area contributed by atoms with Gasteiger partial charge in [0.1, 0.15) is 0 Å². The van der Waals surface area contributed by atoms with Crippen molar-refractivity contribution in [1.29, 1.82) is 0 Å². The molecule has 1 amide bonds. The van der Waals surface area contributed by atoms with Crippen molar-refractivity contribution in [2.24, 2.45) is 11.7 Å². The van der Waals surface area contributed by atoms with Crippen LogP contribution >= 0.6 is 23.5 Å². The molecular formula is C14H29NO2S2Si. The Balaban J connectivity index is 2.69. The van der Waals surface area contributed by atoms with Crippen LogP contribution in [0.5, 0.6) is 0 Å². The summed E-state index contributed by atoms with van der Waals surface area (Å²) in [7, 11) is -1.85. The number of hydrogen-bond donors (Lipinski definition) is 1. The first-order valence-corrected chi connectivity index (χ1v) is 12.3. The zero-order valence-corrected chi connectivity index (χ0v) is 16.2. The molecule has 1 saturated heterocycles. The second kappa shape index (κ2) is 7.07. The van der Waals surface area contributed by atoms with E-state index in [-0.39, 0.29) is 23.0 Å². The van der Waals surface area contributed by atoms with Crippen LogP contribution in [-0.2, 0) is 9.22 Å². The van der Waals surface area contributed by atoms with Crippen molar-refractivity contribution < 1.29 is 9.22 Å². The molecule has 1 heterocycles. The number of carbonyl (C=O) groups is 1. The highest BCUT2D eigenvalue weighted by molar-refractivity contribution is 8.20. The van der Waals surface area contributed by atoms with Gasteiger partial charge < -0.3 is 10.2 Å². The molecule has 2 N–H and O–H groups in total. The Kier molecular flexibility index (Phi) is 6.50. The van der Waals surface area contributed by atoms with Gasteiger partial charge in [0, 0.05) is 11.5 Å². The van der Waals surface area contributed by atoms with E-state index in [0.717, 1.165) is 6.42 Å². The summed E-state index contributed by atoms with van der Waals surface area (Å²) in [5, 5.41) is 0.153. The van der Waals surface area contributed by atoms with Gasteiger partial charge in [-0.1, -0.05) is 20.8 Å². The summed E-state index contributed by atoms with van der Waals surface area (Å²) in [6.45, 7) is 13.1. The van der Waals surface area contributed by atoms with Crippen LogP contribution in [0.1, 0.15) is 34.1 Å². The lowest BCUT2D eigenvalue weighted by Crippen LogP contribution is -2.47. The smallest absolute Gasteiger partial charge is 0.223 e. The Bertz CT molecular complexity index is 339. The third kappa shape index (κ3) is 4.96. The van der Waals surface area contributed by atoms with Crippen molar-refractivity contribution in [2.75, 3.05) is 11.5 Å². The molecule has 1 fully saturated rings. The Morgan fingerprint density at radius 1 is 1.35 bits per heavy atom. The summed E-state index contributed by atoms with van der Waals surface area (Å²) in [4.78, 5) is 11.8. The zero-order valence-electron chi connectivity index (χ0n) is 13.6. The van der Waals surface area contributed by atoms with Crippen molar-refractivity contribution >= 4 is 37.7 Å². The minimum Gasteiger partial charge on any atom is -0.413 e. The van der Waals surface area contributed by atoms with E-state index in [2.05, 4.69) is 33.9 Å². The van der Waals surface area contributed by atoms with Crippen molar-refractivity contribution in [3.63, 3.8) is 0 Å². The van der Waals surface area contributed by atoms with Crippen molar-refractivity contribution in [2.45, 2.75) is 62.9 Å². The van der Waals surface area contributed by atoms with Crippen molar-refractivity contribution in [3.8, 4) is 0 Å². The second-order valence-corrected chi connectivity index (χ2v) is 14.7. The van der Waals surface area contributed by atoms with Gasteiger partial charge in [-0.15, -0.1) is 23.5 Å². The van der Waals surface area contributed by atoms with Gasteiger partial charge in [0.15, 0.2) is 8.32 Å². The van der Waals surface area contributed by atoms with Gasteiger partial charge in [0.25, 0.3) is 0 Å². The lowest BCUT2D eigenvalue weighted by molar-refractivity contribution is -0.124. The van der Waals surface area contributed by atoms with Gasteiger partial charge >= 0.3 is 0 Å². The van der Waals surface area contributed by atoms with Crippen LogP contribution < -0.4 is 5.73 Å². The predicted octanol–water partition coefficient (Wildman–Crippen LogP) is 3.69. The van der Waals surface area contributed by atoms with Gasteiger partial charge in [0.2, 0.25) is 5.91 Å². The molecule has 0 unspecified atom stereocenters. The normalized spacial score (nSPS) is 20.9. The van der Waals surface area contributed by atoms with Gasteiger partial charge in [-0.2, -0.15) is 0 Å². The number of primary amides is 1. The highest BCUT2D eigenvalue weighted by Gasteiger charge is 2.41. The fourth-order valence-electron chi connectivity index (χ4n) is 2.01. The van der Waals surface area contributed by atoms with Crippen molar-refractivity contribution in [3.05, 3.63) is 0 Å². The van der Waals surface area contributed by atoms with Crippen LogP contribution in [-0.4, -0.2) is 36.4 Å². The molecule has 0 bridgehead atoms. The summed E-state index contributed by atoms with van der Waals surface area (Å²) < 4.78 is 6.85. The number of carbonyl (C=O) groups excluding carboxylic acids is 1. The van der Waals surface area contributed by atoms with E-state index in [9.17, 15) is 4.79 Å². The highest BCUT2D eigenvalue weighted by Crippen LogP contribution is 2.40. The standard InChI is InChI=1S/C14H29NO2S2Si/c1-10(17-20(5,6)14(2,3)4)11(13(15)16)9-12-18-7-8-19-12/h10-12H,7-9H2,1-6H3,(H2,15,16)/t10-,11-/m1/s1. The Morgan fingerprint density at radius 3 is 2.25 bits per heavy atom. The lowest BCUT2D eigenvalue weighted by atomic mass is 10.0. The van der Waals surface area contributed by atoms with Crippen LogP contribution in [0.25, 0.3) is 0 Å². The molecule has 0 aromatic carbocycles. The van der Waals surface area contributed by atoms with E-state index in [0.29, 0.717) is 4.58 Å². The molecule has 6 heteroatoms. The zero-order chi connectivity index (χ0) is 15.6. The van der Waals surface area contributed by atoms with E-state index in [1.54, 1.807) is 0 Å². The van der Waals surface area contributed by atoms with E-state index in [1.165, 1.54) is 11.5 Å². The van der Waals surface area contributed by atoms with Crippen molar-refractivity contribution in [1.82, 2.24) is 0 Å². The maximum atomic E-state index is 11.8. The molecule has 0 radical (unpaired) electrons. The monoisotopic (exact) mass is 335 g/mol. The molecule has 118 valence electrons. The number of hydrogen-bond acceptors (Lipinski definition) is 4. The van der Waals surface area contributed by atoms with Gasteiger partial charge in [-0.25, -0.2) is 0 Å². The number of thioether (sulfide) groups is 2. The predicted molar refractivity (Wildman–Crippen MR) is 93.7 cm³/mol. The highest BCUT2D eigenvalue weighted by atomic mass is 32.2. The molecule has 2 atom stereocenters. The summed E-state index contributed by atoms with van der Waals surface area (Å²) in [6.07, 6.45) is 0.746. The molecular weight excluding hydrogens is 306 g/mol. The van der Waals surface area contributed by atoms with E-state index in [4.69, 9.17) is 10.2 Å². The number of rotatable bonds is 6. The average molecular weight is 336 g/mol. The minimum atomic E-state index is -1.85. The molecule has 0 aliphatic carbocycles. The van der Waals surface area contributed by atoms with Gasteiger partial charge in [0.05, 0.1) is 16.6 Å². The Hall–Kier alpha value is 0.347. The second-order valence-electron chi connectivity index (χ2n) is 7.00. The molecule has 1 rings (SSSR count). The number of nitrogens with two attached hydrogens (primary N) is 1. The Morgan fingerprint density at radius 2 is 1.85 bits per heavy atom. The van der Waals surface area contributed by atoms with E-state index in [1.807, 2.05) is 30.4 Å². The maximum Gasteiger partial charge on any atom is 0.223 e. The average Bonchev–Trinajstić information content (AvgIpc) is 2.75. The van der Waals surface area contributed by atoms with Gasteiger partial charge in [-0.3, -0.25) is 4.79 Å². The molecule has 0 aromatic rings. The number of amides is 1. The van der Waals surface area contributed by atoms with E-state index >= 15 is 0 Å². The van der Waals surface area contributed by atoms with Crippen LogP contribution in [0.15, 0.2) is 0 Å². The first-order valence-electron chi connectivity index (χ1n) is 7.25. The molecule has 1 aliphatic heterocycles. The van der Waals surface area contributed by atoms with Gasteiger partial charge in [-0.05, 0) is 31.5 Å². The summed E-state index contributed by atoms with van der Waals surface area (Å²) in [6, 6.07) is 0. The van der Waals surface area contributed by atoms with Crippen LogP contribution in [0, 0.1) is 5.92 Å². The first kappa shape index (κ1) is 18.4. The quantitative estimate of drug-likeness (QED) is 0.752. The molecule has 20 heavy (non-hydrogen) atoms. The summed E-state index contributed by atoms with van der Waals surface area (Å²) >= 11 is 3.88. The topological polar surface area (TPSA) is 52.3 Å². The summed E-state index contributed by atoms with van der Waals surface area (Å²) in [5.74, 6) is 1.97. The third-order valence-corrected chi connectivity index (χ3v) is 12.0. The molecule has 0 aromatic heterocycles. The lowest BCUT2D eigenvalue weighted by Gasteiger charge is -2.40. The fraction of sp³-hybridized carbons (Fsp3) is 0.929. The van der Waals surface area contributed by atoms with E-state index < -0.39 is 8.32 Å². The largest absolute Gasteiger partial charge is 0.413 e. The van der Waals surface area contributed by atoms with Crippen LogP contribution in [0.4, 0.5) is 0 Å². The Labute approximate surface area is 133 Å². The third-order valence-electron chi connectivity index (χ3n) is 4.36.